The fourth-order valence-electron chi connectivity index (χ4n) is 2.74. The number of esters is 1. The highest BCUT2D eigenvalue weighted by atomic mass is 16.8. The molecule has 3 rings (SSSR count). The van der Waals surface area contributed by atoms with Crippen molar-refractivity contribution in [3.05, 3.63) is 22.7 Å². The van der Waals surface area contributed by atoms with Crippen LogP contribution in [0.2, 0.25) is 0 Å². The lowest BCUT2D eigenvalue weighted by Crippen LogP contribution is -2.36. The number of carbonyl (C=O) groups is 3. The van der Waals surface area contributed by atoms with Gasteiger partial charge in [-0.15, -0.1) is 0 Å². The minimum Gasteiger partial charge on any atom is -0.462 e. The molecule has 30 heavy (non-hydrogen) atoms. The SMILES string of the molecule is C[C@@H](N)C(=O)OC[C@H]1O[C@@H](n2ccc(NOC(=O)[C@@H](C)N)nc2=O)[C@@H]2OC(=O)O[C@@H]21. The van der Waals surface area contributed by atoms with E-state index in [0.29, 0.717) is 0 Å². The van der Waals surface area contributed by atoms with Crippen molar-refractivity contribution in [3.63, 3.8) is 0 Å². The average Bonchev–Trinajstić information content (AvgIpc) is 3.21. The zero-order valence-corrected chi connectivity index (χ0v) is 16.0. The van der Waals surface area contributed by atoms with Crippen molar-refractivity contribution >= 4 is 23.9 Å². The summed E-state index contributed by atoms with van der Waals surface area (Å²) in [6.45, 7) is 2.62. The van der Waals surface area contributed by atoms with Crippen LogP contribution >= 0.6 is 0 Å². The number of fused-ring (bicyclic) bond motifs is 1. The third-order valence-electron chi connectivity index (χ3n) is 4.24. The highest BCUT2D eigenvalue weighted by Crippen LogP contribution is 2.37. The monoisotopic (exact) mass is 427 g/mol. The molecule has 2 fully saturated rings. The first kappa shape index (κ1) is 21.5. The summed E-state index contributed by atoms with van der Waals surface area (Å²) in [7, 11) is 0. The van der Waals surface area contributed by atoms with Crippen LogP contribution in [-0.2, 0) is 33.4 Å². The average molecular weight is 427 g/mol. The van der Waals surface area contributed by atoms with Gasteiger partial charge in [0.15, 0.2) is 24.3 Å². The topological polar surface area (TPSA) is 196 Å². The summed E-state index contributed by atoms with van der Waals surface area (Å²) in [5.74, 6) is -1.47. The summed E-state index contributed by atoms with van der Waals surface area (Å²) < 4.78 is 22.0. The van der Waals surface area contributed by atoms with Gasteiger partial charge >= 0.3 is 23.8 Å². The maximum Gasteiger partial charge on any atom is 0.509 e. The summed E-state index contributed by atoms with van der Waals surface area (Å²) in [5, 5.41) is 0. The third-order valence-corrected chi connectivity index (χ3v) is 4.24. The van der Waals surface area contributed by atoms with E-state index in [-0.39, 0.29) is 12.4 Å². The standard InChI is InChI=1S/C16H21N5O9/c1-6(17)13(22)26-5-8-10-11(29-16(25)28-10)12(27-8)21-4-3-9(19-15(21)24)20-30-14(23)7(2)18/h3-4,6-8,10-12H,5,17-18H2,1-2H3,(H,19,20,24)/t6-,7-,8-,10-,11-,12-/m1/s1. The number of hydrogen-bond donors (Lipinski definition) is 3. The van der Waals surface area contributed by atoms with Crippen LogP contribution in [0.5, 0.6) is 0 Å². The van der Waals surface area contributed by atoms with E-state index in [0.717, 1.165) is 4.57 Å². The van der Waals surface area contributed by atoms with Crippen molar-refractivity contribution in [2.75, 3.05) is 12.1 Å². The van der Waals surface area contributed by atoms with E-state index >= 15 is 0 Å². The molecule has 14 nitrogen and oxygen atoms in total. The van der Waals surface area contributed by atoms with Crippen molar-refractivity contribution in [2.45, 2.75) is 50.5 Å². The Balaban J connectivity index is 1.73. The Hall–Kier alpha value is -3.23. The Morgan fingerprint density at radius 3 is 2.50 bits per heavy atom. The van der Waals surface area contributed by atoms with Crippen molar-refractivity contribution in [1.82, 2.24) is 9.55 Å². The Kier molecular flexibility index (Phi) is 6.19. The van der Waals surface area contributed by atoms with E-state index in [1.165, 1.54) is 26.1 Å². The number of nitrogens with zero attached hydrogens (tertiary/aromatic N) is 2. The number of ether oxygens (including phenoxy) is 4. The van der Waals surface area contributed by atoms with Crippen molar-refractivity contribution in [2.24, 2.45) is 11.5 Å². The number of nitrogens with two attached hydrogens (primary N) is 2. The molecule has 0 aromatic carbocycles. The van der Waals surface area contributed by atoms with Gasteiger partial charge < -0.3 is 35.3 Å². The van der Waals surface area contributed by atoms with E-state index in [4.69, 9.17) is 30.4 Å². The van der Waals surface area contributed by atoms with Crippen LogP contribution in [-0.4, -0.2) is 64.6 Å². The zero-order chi connectivity index (χ0) is 22.0. The fourth-order valence-corrected chi connectivity index (χ4v) is 2.74. The molecule has 0 amide bonds. The van der Waals surface area contributed by atoms with Gasteiger partial charge in [0.1, 0.15) is 24.8 Å². The van der Waals surface area contributed by atoms with Gasteiger partial charge in [0.25, 0.3) is 0 Å². The summed E-state index contributed by atoms with van der Waals surface area (Å²) >= 11 is 0. The van der Waals surface area contributed by atoms with Crippen molar-refractivity contribution in [1.29, 1.82) is 0 Å². The Morgan fingerprint density at radius 2 is 1.87 bits per heavy atom. The molecule has 0 aliphatic carbocycles. The largest absolute Gasteiger partial charge is 0.509 e. The van der Waals surface area contributed by atoms with E-state index in [9.17, 15) is 19.2 Å². The lowest BCUT2D eigenvalue weighted by atomic mass is 10.1. The molecule has 3 heterocycles. The van der Waals surface area contributed by atoms with Gasteiger partial charge in [-0.25, -0.2) is 19.9 Å². The van der Waals surface area contributed by atoms with E-state index < -0.39 is 60.4 Å². The second kappa shape index (κ2) is 8.64. The van der Waals surface area contributed by atoms with Crippen LogP contribution in [0.15, 0.2) is 17.1 Å². The molecule has 0 radical (unpaired) electrons. The molecule has 2 aliphatic heterocycles. The second-order valence-corrected chi connectivity index (χ2v) is 6.71. The number of rotatable bonds is 7. The highest BCUT2D eigenvalue weighted by molar-refractivity contribution is 5.75. The molecule has 5 N–H and O–H groups in total. The predicted octanol–water partition coefficient (Wildman–Crippen LogP) is -1.85. The smallest absolute Gasteiger partial charge is 0.462 e. The van der Waals surface area contributed by atoms with Crippen molar-refractivity contribution in [3.8, 4) is 0 Å². The first-order chi connectivity index (χ1) is 14.2. The fraction of sp³-hybridized carbons (Fsp3) is 0.562. The molecule has 2 saturated heterocycles. The molecule has 6 atom stereocenters. The van der Waals surface area contributed by atoms with E-state index in [1.54, 1.807) is 0 Å². The van der Waals surface area contributed by atoms with Crippen LogP contribution in [0, 0.1) is 0 Å². The number of carbonyl (C=O) groups excluding carboxylic acids is 3. The molecule has 0 spiro atoms. The molecule has 1 aromatic heterocycles. The third kappa shape index (κ3) is 4.50. The molecule has 0 unspecified atom stereocenters. The summed E-state index contributed by atoms with van der Waals surface area (Å²) in [6.07, 6.45) is -3.48. The van der Waals surface area contributed by atoms with Crippen LogP contribution < -0.4 is 22.6 Å². The molecule has 0 saturated carbocycles. The Bertz CT molecular complexity index is 886. The maximum absolute atomic E-state index is 12.4. The number of hydrogen-bond acceptors (Lipinski definition) is 13. The molecule has 1 aromatic rings. The predicted molar refractivity (Wildman–Crippen MR) is 95.5 cm³/mol. The maximum atomic E-state index is 12.4. The number of anilines is 1. The molecular weight excluding hydrogens is 406 g/mol. The molecule has 2 aliphatic rings. The summed E-state index contributed by atoms with van der Waals surface area (Å²) in [5.41, 5.74) is 12.2. The van der Waals surface area contributed by atoms with Crippen LogP contribution in [0.3, 0.4) is 0 Å². The van der Waals surface area contributed by atoms with Gasteiger partial charge in [-0.05, 0) is 13.8 Å². The lowest BCUT2D eigenvalue weighted by molar-refractivity contribution is -0.151. The molecule has 164 valence electrons. The quantitative estimate of drug-likeness (QED) is 0.249. The Morgan fingerprint density at radius 1 is 1.20 bits per heavy atom. The van der Waals surface area contributed by atoms with E-state index in [2.05, 4.69) is 15.3 Å². The zero-order valence-electron chi connectivity index (χ0n) is 16.0. The number of aromatic nitrogens is 2. The lowest BCUT2D eigenvalue weighted by Gasteiger charge is -2.18. The summed E-state index contributed by atoms with van der Waals surface area (Å²) in [6, 6.07) is -0.384. The summed E-state index contributed by atoms with van der Waals surface area (Å²) in [4.78, 5) is 55.4. The van der Waals surface area contributed by atoms with Gasteiger partial charge in [0, 0.05) is 12.3 Å². The van der Waals surface area contributed by atoms with Gasteiger partial charge in [0.05, 0.1) is 0 Å². The minimum absolute atomic E-state index is 0.0538. The highest BCUT2D eigenvalue weighted by Gasteiger charge is 2.55. The van der Waals surface area contributed by atoms with Gasteiger partial charge in [0.2, 0.25) is 0 Å². The van der Waals surface area contributed by atoms with Gasteiger partial charge in [-0.3, -0.25) is 9.36 Å². The van der Waals surface area contributed by atoms with Gasteiger partial charge in [-0.2, -0.15) is 4.98 Å². The molecule has 0 bridgehead atoms. The van der Waals surface area contributed by atoms with Crippen LogP contribution in [0.4, 0.5) is 10.6 Å². The van der Waals surface area contributed by atoms with Gasteiger partial charge in [-0.1, -0.05) is 0 Å². The molecule has 14 heteroatoms. The van der Waals surface area contributed by atoms with Crippen molar-refractivity contribution < 1.29 is 38.2 Å². The van der Waals surface area contributed by atoms with E-state index in [1.807, 2.05) is 0 Å². The van der Waals surface area contributed by atoms with Crippen LogP contribution in [0.25, 0.3) is 0 Å². The first-order valence-electron chi connectivity index (χ1n) is 8.93. The minimum atomic E-state index is -1.08. The van der Waals surface area contributed by atoms with Crippen LogP contribution in [0.1, 0.15) is 20.1 Å². The normalized spacial score (nSPS) is 26.7. The second-order valence-electron chi connectivity index (χ2n) is 6.71. The number of nitrogens with one attached hydrogen (secondary N) is 1. The molecular formula is C16H21N5O9. The first-order valence-corrected chi connectivity index (χ1v) is 8.93. The Labute approximate surface area is 169 Å².